The van der Waals surface area contributed by atoms with E-state index >= 15 is 0 Å². The maximum absolute atomic E-state index is 12.5. The number of amides is 1. The van der Waals surface area contributed by atoms with Crippen LogP contribution in [0.25, 0.3) is 10.1 Å². The van der Waals surface area contributed by atoms with Crippen LogP contribution in [0.4, 0.5) is 5.69 Å². The summed E-state index contributed by atoms with van der Waals surface area (Å²) in [6, 6.07) is 14.6. The van der Waals surface area contributed by atoms with Crippen molar-refractivity contribution in [1.82, 2.24) is 5.43 Å². The van der Waals surface area contributed by atoms with Gasteiger partial charge < -0.3 is 4.74 Å². The average molecular weight is 614 g/mol. The molecule has 35 heavy (non-hydrogen) atoms. The third-order valence-electron chi connectivity index (χ3n) is 4.70. The number of rotatable bonds is 7. The number of hydrazone groups is 1. The van der Waals surface area contributed by atoms with Crippen LogP contribution in [-0.4, -0.2) is 17.0 Å². The zero-order valence-electron chi connectivity index (χ0n) is 17.4. The first kappa shape index (κ1) is 25.4. The van der Waals surface area contributed by atoms with Crippen LogP contribution in [0.5, 0.6) is 5.75 Å². The molecule has 1 aromatic heterocycles. The summed E-state index contributed by atoms with van der Waals surface area (Å²) in [5.74, 6) is 0.00939. The fourth-order valence-corrected chi connectivity index (χ4v) is 5.30. The van der Waals surface area contributed by atoms with E-state index in [-0.39, 0.29) is 12.3 Å². The highest BCUT2D eigenvalue weighted by molar-refractivity contribution is 9.10. The zero-order valence-corrected chi connectivity index (χ0v) is 22.1. The molecule has 1 N–H and O–H groups in total. The summed E-state index contributed by atoms with van der Waals surface area (Å²) in [5.41, 5.74) is 3.86. The fourth-order valence-electron chi connectivity index (χ4n) is 3.05. The number of carbonyl (C=O) groups excluding carboxylic acids is 1. The fraction of sp³-hybridized carbons (Fsp3) is 0.0435. The van der Waals surface area contributed by atoms with E-state index in [1.54, 1.807) is 42.5 Å². The third-order valence-corrected chi connectivity index (χ3v) is 7.43. The van der Waals surface area contributed by atoms with Crippen molar-refractivity contribution in [3.8, 4) is 5.75 Å². The van der Waals surface area contributed by atoms with Crippen LogP contribution in [0.1, 0.15) is 20.8 Å². The van der Waals surface area contributed by atoms with Gasteiger partial charge in [0.2, 0.25) is 0 Å². The van der Waals surface area contributed by atoms with Crippen molar-refractivity contribution < 1.29 is 14.5 Å². The second-order valence-corrected chi connectivity index (χ2v) is 10.3. The van der Waals surface area contributed by atoms with Crippen LogP contribution < -0.4 is 10.2 Å². The summed E-state index contributed by atoms with van der Waals surface area (Å²) in [5, 5.41) is 16.8. The Hall–Kier alpha value is -2.69. The molecule has 0 aliphatic heterocycles. The topological polar surface area (TPSA) is 93.8 Å². The van der Waals surface area contributed by atoms with E-state index in [1.165, 1.54) is 29.7 Å². The molecule has 0 saturated carbocycles. The lowest BCUT2D eigenvalue weighted by molar-refractivity contribution is -0.384. The number of nitrogens with zero attached hydrogens (tertiary/aromatic N) is 2. The Kier molecular flexibility index (Phi) is 7.93. The third kappa shape index (κ3) is 6.12. The largest absolute Gasteiger partial charge is 0.486 e. The van der Waals surface area contributed by atoms with E-state index < -0.39 is 10.8 Å². The summed E-state index contributed by atoms with van der Waals surface area (Å²) >= 11 is 23.0. The van der Waals surface area contributed by atoms with Gasteiger partial charge in [0.15, 0.2) is 5.75 Å². The molecule has 4 rings (SSSR count). The van der Waals surface area contributed by atoms with Crippen molar-refractivity contribution in [2.75, 3.05) is 0 Å². The number of nitro groups is 1. The Labute approximate surface area is 226 Å². The average Bonchev–Trinajstić information content (AvgIpc) is 3.24. The molecule has 0 spiro atoms. The molecule has 0 saturated heterocycles. The van der Waals surface area contributed by atoms with Gasteiger partial charge in [-0.15, -0.1) is 11.3 Å². The molecular weight excluding hydrogens is 601 g/mol. The first-order chi connectivity index (χ1) is 16.7. The zero-order chi connectivity index (χ0) is 25.1. The van der Waals surface area contributed by atoms with Gasteiger partial charge in [0.05, 0.1) is 35.6 Å². The number of benzene rings is 3. The number of hydrogen-bond acceptors (Lipinski definition) is 6. The first-order valence-electron chi connectivity index (χ1n) is 9.78. The SMILES string of the molecule is O=C(N/N=C\c1cc(Cl)c(OCc2ccc(Cl)c(Cl)c2)c(Br)c1)c1cc2cc([N+](=O)[O-])ccc2s1. The maximum atomic E-state index is 12.5. The minimum Gasteiger partial charge on any atom is -0.486 e. The molecule has 0 unspecified atom stereocenters. The maximum Gasteiger partial charge on any atom is 0.281 e. The molecule has 12 heteroatoms. The Morgan fingerprint density at radius 2 is 1.89 bits per heavy atom. The molecule has 0 radical (unpaired) electrons. The van der Waals surface area contributed by atoms with Crippen molar-refractivity contribution in [1.29, 1.82) is 0 Å². The molecule has 7 nitrogen and oxygen atoms in total. The van der Waals surface area contributed by atoms with Gasteiger partial charge in [0.1, 0.15) is 6.61 Å². The van der Waals surface area contributed by atoms with Gasteiger partial charge in [0.25, 0.3) is 11.6 Å². The van der Waals surface area contributed by atoms with E-state index in [2.05, 4.69) is 26.5 Å². The number of fused-ring (bicyclic) bond motifs is 1. The normalized spacial score (nSPS) is 11.2. The molecule has 0 aliphatic carbocycles. The number of halogens is 4. The number of non-ortho nitro benzene ring substituents is 1. The molecule has 1 amide bonds. The van der Waals surface area contributed by atoms with Crippen molar-refractivity contribution in [2.45, 2.75) is 6.61 Å². The standard InChI is InChI=1S/C23H13BrCl3N3O4S/c24-16-5-13(7-19(27)22(16)34-11-12-1-3-17(25)18(26)6-12)10-28-29-23(31)21-9-14-8-15(30(32)33)2-4-20(14)35-21/h1-10H,11H2,(H,29,31)/b28-10-. The minimum atomic E-state index is -0.478. The van der Waals surface area contributed by atoms with E-state index in [1.807, 2.05) is 0 Å². The lowest BCUT2D eigenvalue weighted by Gasteiger charge is -2.11. The number of nitro benzene ring substituents is 1. The number of hydrogen-bond donors (Lipinski definition) is 1. The predicted molar refractivity (Wildman–Crippen MR) is 143 cm³/mol. The molecule has 4 aromatic rings. The van der Waals surface area contributed by atoms with Gasteiger partial charge in [-0.25, -0.2) is 5.43 Å². The summed E-state index contributed by atoms with van der Waals surface area (Å²) in [4.78, 5) is 23.3. The van der Waals surface area contributed by atoms with Crippen LogP contribution >= 0.6 is 62.1 Å². The second-order valence-electron chi connectivity index (χ2n) is 7.14. The van der Waals surface area contributed by atoms with E-state index in [0.717, 1.165) is 10.3 Å². The predicted octanol–water partition coefficient (Wildman–Crippen LogP) is 7.88. The Balaban J connectivity index is 1.41. The summed E-state index contributed by atoms with van der Waals surface area (Å²) in [6.45, 7) is 0.233. The van der Waals surface area contributed by atoms with Crippen LogP contribution in [0, 0.1) is 10.1 Å². The van der Waals surface area contributed by atoms with Gasteiger partial charge >= 0.3 is 0 Å². The van der Waals surface area contributed by atoms with Crippen LogP contribution in [0.15, 0.2) is 64.2 Å². The smallest absolute Gasteiger partial charge is 0.281 e. The van der Waals surface area contributed by atoms with Crippen LogP contribution in [0.2, 0.25) is 15.1 Å². The molecule has 178 valence electrons. The Morgan fingerprint density at radius 1 is 1.09 bits per heavy atom. The molecule has 3 aromatic carbocycles. The van der Waals surface area contributed by atoms with Crippen molar-refractivity contribution in [2.24, 2.45) is 5.10 Å². The first-order valence-corrected chi connectivity index (χ1v) is 12.5. The summed E-state index contributed by atoms with van der Waals surface area (Å²) < 4.78 is 7.18. The number of nitrogens with one attached hydrogen (secondary N) is 1. The molecule has 0 atom stereocenters. The molecule has 0 aliphatic rings. The van der Waals surface area contributed by atoms with Crippen molar-refractivity contribution >= 4 is 90.0 Å². The molecule has 1 heterocycles. The second kappa shape index (κ2) is 10.9. The highest BCUT2D eigenvalue weighted by atomic mass is 79.9. The van der Waals surface area contributed by atoms with Gasteiger partial charge in [-0.2, -0.15) is 5.10 Å². The number of carbonyl (C=O) groups is 1. The molecular formula is C23H13BrCl3N3O4S. The van der Waals surface area contributed by atoms with Gasteiger partial charge in [0, 0.05) is 22.2 Å². The van der Waals surface area contributed by atoms with Crippen LogP contribution in [-0.2, 0) is 6.61 Å². The highest BCUT2D eigenvalue weighted by Crippen LogP contribution is 2.35. The lowest BCUT2D eigenvalue weighted by Crippen LogP contribution is -2.16. The number of ether oxygens (including phenoxy) is 1. The Bertz CT molecular complexity index is 1470. The summed E-state index contributed by atoms with van der Waals surface area (Å²) in [6.07, 6.45) is 1.44. The lowest BCUT2D eigenvalue weighted by atomic mass is 10.2. The van der Waals surface area contributed by atoms with E-state index in [0.29, 0.717) is 41.1 Å². The molecule has 0 bridgehead atoms. The monoisotopic (exact) mass is 611 g/mol. The van der Waals surface area contributed by atoms with Crippen LogP contribution in [0.3, 0.4) is 0 Å². The highest BCUT2D eigenvalue weighted by Gasteiger charge is 2.13. The number of thiophene rings is 1. The summed E-state index contributed by atoms with van der Waals surface area (Å²) in [7, 11) is 0. The van der Waals surface area contributed by atoms with Crippen molar-refractivity contribution in [3.63, 3.8) is 0 Å². The van der Waals surface area contributed by atoms with Gasteiger partial charge in [-0.3, -0.25) is 14.9 Å². The van der Waals surface area contributed by atoms with Gasteiger partial charge in [-0.05, 0) is 63.5 Å². The van der Waals surface area contributed by atoms with Gasteiger partial charge in [-0.1, -0.05) is 40.9 Å². The van der Waals surface area contributed by atoms with E-state index in [9.17, 15) is 14.9 Å². The molecule has 0 fully saturated rings. The minimum absolute atomic E-state index is 0.0351. The Morgan fingerprint density at radius 3 is 2.60 bits per heavy atom. The van der Waals surface area contributed by atoms with E-state index in [4.69, 9.17) is 39.5 Å². The quantitative estimate of drug-likeness (QED) is 0.130. The van der Waals surface area contributed by atoms with Crippen molar-refractivity contribution in [3.05, 3.63) is 100 Å².